The van der Waals surface area contributed by atoms with Crippen molar-refractivity contribution in [2.24, 2.45) is 0 Å². The molecule has 0 aromatic heterocycles. The van der Waals surface area contributed by atoms with Crippen molar-refractivity contribution in [1.82, 2.24) is 5.32 Å². The van der Waals surface area contributed by atoms with Gasteiger partial charge in [0.2, 0.25) is 0 Å². The molecule has 1 aromatic rings. The zero-order chi connectivity index (χ0) is 12.3. The Balaban J connectivity index is 1.99. The Morgan fingerprint density at radius 1 is 1.18 bits per heavy atom. The molecule has 1 aliphatic rings. The molecule has 3 heteroatoms. The lowest BCUT2D eigenvalue weighted by molar-refractivity contribution is 0.251. The fourth-order valence-corrected chi connectivity index (χ4v) is 2.50. The summed E-state index contributed by atoms with van der Waals surface area (Å²) in [4.78, 5) is 0. The van der Waals surface area contributed by atoms with Crippen molar-refractivity contribution in [2.75, 3.05) is 0 Å². The number of nitrogens with one attached hydrogen (secondary N) is 1. The highest BCUT2D eigenvalue weighted by Crippen LogP contribution is 2.28. The second-order valence-corrected chi connectivity index (χ2v) is 5.21. The molecule has 1 nitrogen and oxygen atoms in total. The molecule has 0 amide bonds. The van der Waals surface area contributed by atoms with E-state index in [-0.39, 0.29) is 17.2 Å². The number of halogens is 2. The molecule has 0 aliphatic heterocycles. The Labute approximate surface area is 101 Å². The third-order valence-electron chi connectivity index (χ3n) is 3.67. The van der Waals surface area contributed by atoms with Gasteiger partial charge in [-0.05, 0) is 38.0 Å². The summed E-state index contributed by atoms with van der Waals surface area (Å²) in [5.41, 5.74) is 0.494. The van der Waals surface area contributed by atoms with E-state index in [9.17, 15) is 8.78 Å². The average Bonchev–Trinajstić information content (AvgIpc) is 2.31. The van der Waals surface area contributed by atoms with E-state index in [1.54, 1.807) is 0 Å². The standard InChI is InChI=1S/C14H19F2N/c1-14(7-3-2-4-8-14)17-10-11-9-12(15)5-6-13(11)16/h5-6,9,17H,2-4,7-8,10H2,1H3. The van der Waals surface area contributed by atoms with Gasteiger partial charge in [0, 0.05) is 17.6 Å². The topological polar surface area (TPSA) is 12.0 Å². The predicted octanol–water partition coefficient (Wildman–Crippen LogP) is 3.78. The number of hydrogen-bond donors (Lipinski definition) is 1. The van der Waals surface area contributed by atoms with Crippen molar-refractivity contribution >= 4 is 0 Å². The van der Waals surface area contributed by atoms with Crippen molar-refractivity contribution in [3.8, 4) is 0 Å². The average molecular weight is 239 g/mol. The summed E-state index contributed by atoms with van der Waals surface area (Å²) in [6, 6.07) is 3.62. The molecule has 1 aromatic carbocycles. The minimum atomic E-state index is -0.378. The van der Waals surface area contributed by atoms with Crippen LogP contribution in [-0.2, 0) is 6.54 Å². The van der Waals surface area contributed by atoms with Crippen LogP contribution in [-0.4, -0.2) is 5.54 Å². The van der Waals surface area contributed by atoms with E-state index in [0.717, 1.165) is 18.9 Å². The second-order valence-electron chi connectivity index (χ2n) is 5.21. The minimum absolute atomic E-state index is 0.0804. The first kappa shape index (κ1) is 12.5. The third-order valence-corrected chi connectivity index (χ3v) is 3.67. The molecule has 0 bridgehead atoms. The van der Waals surface area contributed by atoms with Crippen LogP contribution in [0.4, 0.5) is 8.78 Å². The van der Waals surface area contributed by atoms with Crippen LogP contribution >= 0.6 is 0 Å². The normalized spacial score (nSPS) is 19.2. The number of hydrogen-bond acceptors (Lipinski definition) is 1. The highest BCUT2D eigenvalue weighted by atomic mass is 19.1. The monoisotopic (exact) mass is 239 g/mol. The molecule has 0 atom stereocenters. The van der Waals surface area contributed by atoms with E-state index in [0.29, 0.717) is 12.1 Å². The van der Waals surface area contributed by atoms with Crippen LogP contribution in [0.5, 0.6) is 0 Å². The first-order valence-corrected chi connectivity index (χ1v) is 6.28. The summed E-state index contributed by atoms with van der Waals surface area (Å²) in [6.07, 6.45) is 5.95. The summed E-state index contributed by atoms with van der Waals surface area (Å²) in [6.45, 7) is 2.57. The van der Waals surface area contributed by atoms with Gasteiger partial charge in [0.05, 0.1) is 0 Å². The van der Waals surface area contributed by atoms with Gasteiger partial charge in [-0.15, -0.1) is 0 Å². The maximum Gasteiger partial charge on any atom is 0.127 e. The van der Waals surface area contributed by atoms with Gasteiger partial charge < -0.3 is 5.32 Å². The van der Waals surface area contributed by atoms with Gasteiger partial charge in [0.25, 0.3) is 0 Å². The molecule has 0 heterocycles. The highest BCUT2D eigenvalue weighted by molar-refractivity contribution is 5.18. The van der Waals surface area contributed by atoms with Gasteiger partial charge >= 0.3 is 0 Å². The van der Waals surface area contributed by atoms with Crippen LogP contribution in [0.2, 0.25) is 0 Å². The summed E-state index contributed by atoms with van der Waals surface area (Å²) in [7, 11) is 0. The lowest BCUT2D eigenvalue weighted by Crippen LogP contribution is -2.43. The molecule has 1 aliphatic carbocycles. The summed E-state index contributed by atoms with van der Waals surface area (Å²) < 4.78 is 26.5. The molecular weight excluding hydrogens is 220 g/mol. The minimum Gasteiger partial charge on any atom is -0.307 e. The van der Waals surface area contributed by atoms with E-state index in [2.05, 4.69) is 12.2 Å². The number of benzene rings is 1. The van der Waals surface area contributed by atoms with Gasteiger partial charge in [0.1, 0.15) is 11.6 Å². The van der Waals surface area contributed by atoms with Crippen molar-refractivity contribution < 1.29 is 8.78 Å². The molecule has 0 unspecified atom stereocenters. The van der Waals surface area contributed by atoms with Gasteiger partial charge in [-0.3, -0.25) is 0 Å². The predicted molar refractivity (Wildman–Crippen MR) is 64.7 cm³/mol. The Morgan fingerprint density at radius 3 is 2.59 bits per heavy atom. The van der Waals surface area contributed by atoms with Crippen LogP contribution in [0.15, 0.2) is 18.2 Å². The quantitative estimate of drug-likeness (QED) is 0.846. The van der Waals surface area contributed by atoms with Gasteiger partial charge in [-0.2, -0.15) is 0 Å². The van der Waals surface area contributed by atoms with Crippen molar-refractivity contribution in [3.05, 3.63) is 35.4 Å². The molecule has 0 saturated heterocycles. The lowest BCUT2D eigenvalue weighted by Gasteiger charge is -2.34. The fourth-order valence-electron chi connectivity index (χ4n) is 2.50. The van der Waals surface area contributed by atoms with E-state index in [4.69, 9.17) is 0 Å². The summed E-state index contributed by atoms with van der Waals surface area (Å²) in [5.74, 6) is -0.713. The molecule has 94 valence electrons. The summed E-state index contributed by atoms with van der Waals surface area (Å²) in [5, 5.41) is 3.38. The van der Waals surface area contributed by atoms with Crippen LogP contribution in [0.1, 0.15) is 44.6 Å². The van der Waals surface area contributed by atoms with E-state index >= 15 is 0 Å². The van der Waals surface area contributed by atoms with Crippen molar-refractivity contribution in [2.45, 2.75) is 51.1 Å². The van der Waals surface area contributed by atoms with E-state index < -0.39 is 0 Å². The molecule has 1 N–H and O–H groups in total. The van der Waals surface area contributed by atoms with E-state index in [1.165, 1.54) is 31.4 Å². The number of rotatable bonds is 3. The fraction of sp³-hybridized carbons (Fsp3) is 0.571. The first-order valence-electron chi connectivity index (χ1n) is 6.28. The molecule has 0 spiro atoms. The van der Waals surface area contributed by atoms with E-state index in [1.807, 2.05) is 0 Å². The maximum atomic E-state index is 13.4. The van der Waals surface area contributed by atoms with Gasteiger partial charge in [-0.25, -0.2) is 8.78 Å². The Kier molecular flexibility index (Phi) is 3.77. The highest BCUT2D eigenvalue weighted by Gasteiger charge is 2.26. The van der Waals surface area contributed by atoms with Crippen LogP contribution in [0, 0.1) is 11.6 Å². The van der Waals surface area contributed by atoms with Crippen LogP contribution in [0.3, 0.4) is 0 Å². The molecule has 17 heavy (non-hydrogen) atoms. The Bertz CT molecular complexity index is 384. The molecule has 1 fully saturated rings. The largest absolute Gasteiger partial charge is 0.307 e. The lowest BCUT2D eigenvalue weighted by atomic mass is 9.83. The summed E-state index contributed by atoms with van der Waals surface area (Å²) >= 11 is 0. The van der Waals surface area contributed by atoms with Gasteiger partial charge in [-0.1, -0.05) is 19.3 Å². The third kappa shape index (κ3) is 3.25. The zero-order valence-electron chi connectivity index (χ0n) is 10.2. The smallest absolute Gasteiger partial charge is 0.127 e. The van der Waals surface area contributed by atoms with Gasteiger partial charge in [0.15, 0.2) is 0 Å². The van der Waals surface area contributed by atoms with Crippen molar-refractivity contribution in [3.63, 3.8) is 0 Å². The molecular formula is C14H19F2N. The first-order chi connectivity index (χ1) is 8.09. The SMILES string of the molecule is CC1(NCc2cc(F)ccc2F)CCCCC1. The molecule has 1 saturated carbocycles. The maximum absolute atomic E-state index is 13.4. The Morgan fingerprint density at radius 2 is 1.88 bits per heavy atom. The van der Waals surface area contributed by atoms with Crippen molar-refractivity contribution in [1.29, 1.82) is 0 Å². The molecule has 0 radical (unpaired) electrons. The van der Waals surface area contributed by atoms with Crippen LogP contribution in [0.25, 0.3) is 0 Å². The van der Waals surface area contributed by atoms with Crippen LogP contribution < -0.4 is 5.32 Å². The molecule has 2 rings (SSSR count). The zero-order valence-corrected chi connectivity index (χ0v) is 10.2. The second kappa shape index (κ2) is 5.13. The Hall–Kier alpha value is -0.960.